The number of sulfonamides is 1. The second-order valence-corrected chi connectivity index (χ2v) is 7.80. The van der Waals surface area contributed by atoms with E-state index in [4.69, 9.17) is 4.74 Å². The molecule has 0 bridgehead atoms. The fourth-order valence-electron chi connectivity index (χ4n) is 2.77. The van der Waals surface area contributed by atoms with Crippen LogP contribution in [-0.4, -0.2) is 35.8 Å². The van der Waals surface area contributed by atoms with Gasteiger partial charge in [-0.3, -0.25) is 4.79 Å². The lowest BCUT2D eigenvalue weighted by Crippen LogP contribution is -2.32. The van der Waals surface area contributed by atoms with E-state index in [9.17, 15) is 13.2 Å². The van der Waals surface area contributed by atoms with E-state index in [1.165, 1.54) is 16.4 Å². The third-order valence-electron chi connectivity index (χ3n) is 4.11. The summed E-state index contributed by atoms with van der Waals surface area (Å²) in [6, 6.07) is 13.2. The number of para-hydroxylation sites is 1. The van der Waals surface area contributed by atoms with Crippen molar-refractivity contribution in [3.05, 3.63) is 64.7 Å². The zero-order valence-electron chi connectivity index (χ0n) is 15.2. The summed E-state index contributed by atoms with van der Waals surface area (Å²) in [5.74, 6) is 0.912. The first kappa shape index (κ1) is 19.1. The quantitative estimate of drug-likeness (QED) is 0.672. The monoisotopic (exact) mass is 387 g/mol. The highest BCUT2D eigenvalue weighted by Crippen LogP contribution is 2.21. The van der Waals surface area contributed by atoms with Crippen molar-refractivity contribution in [1.29, 1.82) is 0 Å². The van der Waals surface area contributed by atoms with E-state index in [0.717, 1.165) is 0 Å². The Bertz CT molecular complexity index is 1090. The summed E-state index contributed by atoms with van der Waals surface area (Å²) in [5.41, 5.74) is 0.246. The van der Waals surface area contributed by atoms with Gasteiger partial charge in [0.15, 0.2) is 0 Å². The van der Waals surface area contributed by atoms with Crippen LogP contribution in [0.5, 0.6) is 5.75 Å². The first-order valence-corrected chi connectivity index (χ1v) is 10.1. The molecule has 7 nitrogen and oxygen atoms in total. The Morgan fingerprint density at radius 2 is 1.78 bits per heavy atom. The average Bonchev–Trinajstić information content (AvgIpc) is 2.67. The molecule has 27 heavy (non-hydrogen) atoms. The Hall–Kier alpha value is -2.71. The number of nitrogens with one attached hydrogen (secondary N) is 1. The minimum Gasteiger partial charge on any atom is -0.494 e. The SMILES string of the molecule is CCOc1ccc(S(=O)(=O)N(CC)Cc2nc3ccccc3c(=O)[nH]2)cc1. The normalized spacial score (nSPS) is 11.8. The molecule has 0 aliphatic carbocycles. The second-order valence-electron chi connectivity index (χ2n) is 5.87. The number of aromatic amines is 1. The maximum absolute atomic E-state index is 13.0. The largest absolute Gasteiger partial charge is 0.494 e. The molecule has 1 aromatic heterocycles. The van der Waals surface area contributed by atoms with Gasteiger partial charge in [0.1, 0.15) is 11.6 Å². The molecule has 1 heterocycles. The van der Waals surface area contributed by atoms with Gasteiger partial charge in [-0.25, -0.2) is 13.4 Å². The summed E-state index contributed by atoms with van der Waals surface area (Å²) in [4.78, 5) is 19.4. The lowest BCUT2D eigenvalue weighted by atomic mass is 10.2. The molecule has 0 fully saturated rings. The highest BCUT2D eigenvalue weighted by atomic mass is 32.2. The van der Waals surface area contributed by atoms with E-state index in [0.29, 0.717) is 29.1 Å². The van der Waals surface area contributed by atoms with Crippen molar-refractivity contribution in [2.45, 2.75) is 25.3 Å². The predicted molar refractivity (Wildman–Crippen MR) is 103 cm³/mol. The Morgan fingerprint density at radius 1 is 1.07 bits per heavy atom. The van der Waals surface area contributed by atoms with Crippen LogP contribution in [0.1, 0.15) is 19.7 Å². The van der Waals surface area contributed by atoms with Gasteiger partial charge < -0.3 is 9.72 Å². The Kier molecular flexibility index (Phi) is 5.57. The molecular formula is C19H21N3O4S. The van der Waals surface area contributed by atoms with E-state index < -0.39 is 10.0 Å². The number of hydrogen-bond acceptors (Lipinski definition) is 5. The molecule has 0 radical (unpaired) electrons. The van der Waals surface area contributed by atoms with Crippen LogP contribution < -0.4 is 10.3 Å². The van der Waals surface area contributed by atoms with Crippen LogP contribution >= 0.6 is 0 Å². The van der Waals surface area contributed by atoms with Crippen LogP contribution in [0, 0.1) is 0 Å². The molecular weight excluding hydrogens is 366 g/mol. The molecule has 3 aromatic rings. The average molecular weight is 387 g/mol. The first-order valence-electron chi connectivity index (χ1n) is 8.66. The number of nitrogens with zero attached hydrogens (tertiary/aromatic N) is 2. The molecule has 0 saturated heterocycles. The smallest absolute Gasteiger partial charge is 0.258 e. The standard InChI is InChI=1S/C19H21N3O4S/c1-3-22(27(24,25)15-11-9-14(10-12-15)26-4-2)13-18-20-17-8-6-5-7-16(17)19(23)21-18/h5-12H,3-4,13H2,1-2H3,(H,20,21,23). The van der Waals surface area contributed by atoms with Gasteiger partial charge in [-0.1, -0.05) is 19.1 Å². The maximum atomic E-state index is 13.0. The van der Waals surface area contributed by atoms with Crippen molar-refractivity contribution in [3.63, 3.8) is 0 Å². The number of ether oxygens (including phenoxy) is 1. The molecule has 1 N–H and O–H groups in total. The molecule has 0 aliphatic rings. The van der Waals surface area contributed by atoms with Gasteiger partial charge in [0.2, 0.25) is 10.0 Å². The Balaban J connectivity index is 1.91. The summed E-state index contributed by atoms with van der Waals surface area (Å²) in [6.07, 6.45) is 0. The maximum Gasteiger partial charge on any atom is 0.258 e. The number of hydrogen-bond donors (Lipinski definition) is 1. The molecule has 0 aliphatic heterocycles. The zero-order valence-corrected chi connectivity index (χ0v) is 16.0. The van der Waals surface area contributed by atoms with Crippen molar-refractivity contribution in [2.24, 2.45) is 0 Å². The lowest BCUT2D eigenvalue weighted by Gasteiger charge is -2.20. The fourth-order valence-corrected chi connectivity index (χ4v) is 4.18. The minimum absolute atomic E-state index is 0.0217. The molecule has 8 heteroatoms. The van der Waals surface area contributed by atoms with Crippen LogP contribution in [-0.2, 0) is 16.6 Å². The van der Waals surface area contributed by atoms with E-state index >= 15 is 0 Å². The van der Waals surface area contributed by atoms with Crippen molar-refractivity contribution in [2.75, 3.05) is 13.2 Å². The van der Waals surface area contributed by atoms with Gasteiger partial charge in [-0.05, 0) is 43.3 Å². The molecule has 0 atom stereocenters. The van der Waals surface area contributed by atoms with Gasteiger partial charge in [-0.15, -0.1) is 0 Å². The van der Waals surface area contributed by atoms with Crippen molar-refractivity contribution in [1.82, 2.24) is 14.3 Å². The Morgan fingerprint density at radius 3 is 2.44 bits per heavy atom. The molecule has 0 saturated carbocycles. The molecule has 0 unspecified atom stereocenters. The molecule has 0 spiro atoms. The van der Waals surface area contributed by atoms with Gasteiger partial charge in [0.25, 0.3) is 5.56 Å². The molecule has 142 valence electrons. The number of fused-ring (bicyclic) bond motifs is 1. The fraction of sp³-hybridized carbons (Fsp3) is 0.263. The van der Waals surface area contributed by atoms with Gasteiger partial charge in [0.05, 0.1) is 29.0 Å². The highest BCUT2D eigenvalue weighted by Gasteiger charge is 2.24. The predicted octanol–water partition coefficient (Wildman–Crippen LogP) is 2.53. The summed E-state index contributed by atoms with van der Waals surface area (Å²) >= 11 is 0. The molecule has 2 aromatic carbocycles. The Labute approximate surface area is 157 Å². The van der Waals surface area contributed by atoms with Crippen molar-refractivity contribution in [3.8, 4) is 5.75 Å². The van der Waals surface area contributed by atoms with Crippen LogP contribution in [0.4, 0.5) is 0 Å². The molecule has 0 amide bonds. The van der Waals surface area contributed by atoms with E-state index in [1.54, 1.807) is 43.3 Å². The second kappa shape index (κ2) is 7.89. The van der Waals surface area contributed by atoms with E-state index in [1.807, 2.05) is 6.92 Å². The van der Waals surface area contributed by atoms with Crippen molar-refractivity contribution >= 4 is 20.9 Å². The number of rotatable bonds is 7. The number of benzene rings is 2. The third-order valence-corrected chi connectivity index (χ3v) is 6.05. The van der Waals surface area contributed by atoms with Crippen LogP contribution in [0.2, 0.25) is 0 Å². The summed E-state index contributed by atoms with van der Waals surface area (Å²) in [6.45, 7) is 4.33. The summed E-state index contributed by atoms with van der Waals surface area (Å²) in [7, 11) is -3.73. The van der Waals surface area contributed by atoms with E-state index in [-0.39, 0.29) is 23.5 Å². The van der Waals surface area contributed by atoms with Gasteiger partial charge >= 0.3 is 0 Å². The summed E-state index contributed by atoms with van der Waals surface area (Å²) in [5, 5.41) is 0.471. The molecule has 3 rings (SSSR count). The van der Waals surface area contributed by atoms with Gasteiger partial charge in [0, 0.05) is 6.54 Å². The zero-order chi connectivity index (χ0) is 19.4. The van der Waals surface area contributed by atoms with Crippen LogP contribution in [0.15, 0.2) is 58.2 Å². The minimum atomic E-state index is -3.73. The van der Waals surface area contributed by atoms with Gasteiger partial charge in [-0.2, -0.15) is 4.31 Å². The summed E-state index contributed by atoms with van der Waals surface area (Å²) < 4.78 is 32.5. The number of H-pyrrole nitrogens is 1. The highest BCUT2D eigenvalue weighted by molar-refractivity contribution is 7.89. The van der Waals surface area contributed by atoms with Crippen molar-refractivity contribution < 1.29 is 13.2 Å². The van der Waals surface area contributed by atoms with Crippen LogP contribution in [0.25, 0.3) is 10.9 Å². The van der Waals surface area contributed by atoms with Crippen LogP contribution in [0.3, 0.4) is 0 Å². The number of aromatic nitrogens is 2. The topological polar surface area (TPSA) is 92.4 Å². The third kappa shape index (κ3) is 4.01. The first-order chi connectivity index (χ1) is 13.0. The van der Waals surface area contributed by atoms with E-state index in [2.05, 4.69) is 9.97 Å². The lowest BCUT2D eigenvalue weighted by molar-refractivity contribution is 0.340.